The molecule has 121 heavy (non-hydrogen) atoms. The summed E-state index contributed by atoms with van der Waals surface area (Å²) in [5, 5.41) is 24.6. The monoisotopic (exact) mass is 1690 g/mol. The van der Waals surface area contributed by atoms with Crippen molar-refractivity contribution in [3.05, 3.63) is 375 Å². The van der Waals surface area contributed by atoms with Gasteiger partial charge in [-0.25, -0.2) is 0 Å². The zero-order chi connectivity index (χ0) is 85.8. The molecule has 14 aromatic rings. The molecule has 0 aliphatic carbocycles. The molecule has 5 aromatic carbocycles. The first-order chi connectivity index (χ1) is 58.4. The molecule has 606 valence electrons. The van der Waals surface area contributed by atoms with E-state index in [1.807, 2.05) is 150 Å². The predicted octanol–water partition coefficient (Wildman–Crippen LogP) is 18.1. The zero-order valence-corrected chi connectivity index (χ0v) is 68.6. The van der Waals surface area contributed by atoms with Crippen LogP contribution >= 0.6 is 46.4 Å². The van der Waals surface area contributed by atoms with Gasteiger partial charge in [0.15, 0.2) is 0 Å². The van der Waals surface area contributed by atoms with Gasteiger partial charge in [0.25, 0.3) is 47.3 Å². The number of halogens is 4. The fourth-order valence-corrected chi connectivity index (χ4v) is 12.0. The minimum Gasteiger partial charge on any atom is -0.349 e. The third-order valence-corrected chi connectivity index (χ3v) is 18.4. The van der Waals surface area contributed by atoms with Crippen LogP contribution in [-0.4, -0.2) is 104 Å². The van der Waals surface area contributed by atoms with E-state index >= 15 is 0 Å². The first-order valence-electron chi connectivity index (χ1n) is 37.4. The lowest BCUT2D eigenvalue weighted by atomic mass is 10.1. The van der Waals surface area contributed by atoms with Gasteiger partial charge in [-0.05, 0) is 222 Å². The zero-order valence-electron chi connectivity index (χ0n) is 65.6. The highest BCUT2D eigenvalue weighted by Crippen LogP contribution is 2.34. The van der Waals surface area contributed by atoms with E-state index in [-0.39, 0.29) is 81.6 Å². The quantitative estimate of drug-likeness (QED) is 0.0331. The van der Waals surface area contributed by atoms with Gasteiger partial charge in [-0.15, -0.1) is 0 Å². The lowest BCUT2D eigenvalue weighted by Crippen LogP contribution is -2.40. The summed E-state index contributed by atoms with van der Waals surface area (Å²) in [6.07, 6.45) is 13.9. The Morgan fingerprint density at radius 3 is 0.884 bits per heavy atom. The molecule has 9 heterocycles. The molecule has 0 bridgehead atoms. The molecule has 14 rings (SSSR count). The number of hydrogen-bond acceptors (Lipinski definition) is 17. The third-order valence-electron chi connectivity index (χ3n) is 17.1. The fraction of sp³-hybridized carbons (Fsp3) is 0.0978. The SMILES string of the molecule is CC(C)(C)NC(=O)c1ccc(C(=O)Nc2ccc(Cl)c(-c3ccccn3)c2)cn1.CC(C)NC(=O)c1ccc(C(=O)Nc2ccc(Cl)c(-c3ccccn3)c2)cn1.O=C(Nc1ccc(Cl)c(-c2ccccn2)c1)c1ccc(C(=O)NCc2ccccc2)nc1.O=C(Nc1ccc(Cl)c(-c2ccccn2)c1)c1ccc(C(=O)NCc2ccccn2)nc1. The van der Waals surface area contributed by atoms with Gasteiger partial charge in [-0.3, -0.25) is 83.2 Å². The maximum atomic E-state index is 12.6. The van der Waals surface area contributed by atoms with Crippen LogP contribution in [-0.2, 0) is 13.1 Å². The molecule has 0 aliphatic heterocycles. The Hall–Kier alpha value is -14.6. The molecule has 0 saturated heterocycles. The van der Waals surface area contributed by atoms with E-state index in [1.165, 1.54) is 49.1 Å². The number of amides is 8. The molecule has 0 atom stereocenters. The number of carbonyl (C=O) groups is 8. The Balaban J connectivity index is 0.000000158. The normalized spacial score (nSPS) is 10.6. The molecular weight excluding hydrogens is 1610 g/mol. The molecule has 8 N–H and O–H groups in total. The van der Waals surface area contributed by atoms with Gasteiger partial charge < -0.3 is 42.5 Å². The van der Waals surface area contributed by atoms with Gasteiger partial charge >= 0.3 is 0 Å². The predicted molar refractivity (Wildman–Crippen MR) is 470 cm³/mol. The summed E-state index contributed by atoms with van der Waals surface area (Å²) in [5.74, 6) is -2.59. The van der Waals surface area contributed by atoms with Crippen molar-refractivity contribution in [2.24, 2.45) is 0 Å². The summed E-state index contributed by atoms with van der Waals surface area (Å²) in [4.78, 5) is 137. The van der Waals surface area contributed by atoms with Crippen molar-refractivity contribution in [3.8, 4) is 45.0 Å². The van der Waals surface area contributed by atoms with Crippen LogP contribution in [0.1, 0.15) is 129 Å². The van der Waals surface area contributed by atoms with Crippen LogP contribution in [0.4, 0.5) is 22.7 Å². The molecule has 0 saturated carbocycles. The van der Waals surface area contributed by atoms with Gasteiger partial charge in [0.2, 0.25) is 0 Å². The number of pyridine rings is 9. The average molecular weight is 1690 g/mol. The van der Waals surface area contributed by atoms with Crippen LogP contribution < -0.4 is 42.5 Å². The Bertz CT molecular complexity index is 5740. The molecular formula is C92H77Cl4N17O8. The molecule has 8 amide bonds. The highest BCUT2D eigenvalue weighted by Gasteiger charge is 2.21. The standard InChI is InChI=1S/C25H19ClN4O2.C24H18ClN5O2.C22H21ClN4O2.C21H19ClN4O2/c26-21-11-10-19(14-20(21)22-8-4-5-13-27-22)30-24(31)18-9-12-23(28-16-18)25(32)29-15-17-6-2-1-3-7-17;25-20-9-8-17(13-19(20)21-6-2-4-12-27-21)30-23(31)16-7-10-22(28-14-16)24(32)29-15-18-5-1-3-11-26-18;1-22(2,3)27-21(29)19-10-7-14(13-25-19)20(28)26-15-8-9-17(23)16(12-15)18-6-4-5-11-24-18;1-13(2)25-21(28)19-9-6-14(12-24-19)20(27)26-15-7-8-17(22)16(11-15)18-5-3-4-10-23-18/h1-14,16H,15H2,(H,29,32)(H,30,31);1-14H,15H2,(H,29,32)(H,30,31);4-13H,1-3H3,(H,26,28)(H,27,29);3-13H,1-2H3,(H,25,28)(H,26,27). The molecule has 0 unspecified atom stereocenters. The maximum absolute atomic E-state index is 12.6. The number of nitrogens with zero attached hydrogens (tertiary/aromatic N) is 9. The number of benzene rings is 5. The lowest BCUT2D eigenvalue weighted by Gasteiger charge is -2.20. The van der Waals surface area contributed by atoms with Crippen LogP contribution in [0.15, 0.2) is 298 Å². The summed E-state index contributed by atoms with van der Waals surface area (Å²) >= 11 is 25.1. The van der Waals surface area contributed by atoms with E-state index in [4.69, 9.17) is 46.4 Å². The topological polar surface area (TPSA) is 349 Å². The molecule has 0 aliphatic rings. The van der Waals surface area contributed by atoms with Crippen LogP contribution in [0.3, 0.4) is 0 Å². The second-order valence-corrected chi connectivity index (χ2v) is 29.3. The summed E-state index contributed by atoms with van der Waals surface area (Å²) < 4.78 is 0. The smallest absolute Gasteiger partial charge is 0.270 e. The summed E-state index contributed by atoms with van der Waals surface area (Å²) in [6.45, 7) is 10.1. The van der Waals surface area contributed by atoms with E-state index in [2.05, 4.69) is 87.4 Å². The molecule has 0 fully saturated rings. The van der Waals surface area contributed by atoms with Crippen molar-refractivity contribution in [2.75, 3.05) is 21.3 Å². The van der Waals surface area contributed by atoms with Gasteiger partial charge in [0.1, 0.15) is 22.8 Å². The van der Waals surface area contributed by atoms with Gasteiger partial charge in [0, 0.05) is 119 Å². The summed E-state index contributed by atoms with van der Waals surface area (Å²) in [7, 11) is 0. The third kappa shape index (κ3) is 25.9. The minimum absolute atomic E-state index is 0.00970. The first-order valence-corrected chi connectivity index (χ1v) is 38.9. The van der Waals surface area contributed by atoms with Crippen LogP contribution in [0.5, 0.6) is 0 Å². The first kappa shape index (κ1) is 87.2. The van der Waals surface area contributed by atoms with Crippen LogP contribution in [0.2, 0.25) is 20.1 Å². The summed E-state index contributed by atoms with van der Waals surface area (Å²) in [5.41, 5.74) is 11.7. The van der Waals surface area contributed by atoms with Crippen LogP contribution in [0.25, 0.3) is 45.0 Å². The lowest BCUT2D eigenvalue weighted by molar-refractivity contribution is 0.0908. The number of aromatic nitrogens is 9. The largest absolute Gasteiger partial charge is 0.349 e. The highest BCUT2D eigenvalue weighted by atomic mass is 35.5. The molecule has 9 aromatic heterocycles. The van der Waals surface area contributed by atoms with Gasteiger partial charge in [-0.1, -0.05) is 107 Å². The van der Waals surface area contributed by atoms with E-state index in [1.54, 1.807) is 134 Å². The number of hydrogen-bond donors (Lipinski definition) is 8. The van der Waals surface area contributed by atoms with Gasteiger partial charge in [-0.2, -0.15) is 0 Å². The van der Waals surface area contributed by atoms with Crippen molar-refractivity contribution in [2.45, 2.75) is 59.3 Å². The molecule has 0 spiro atoms. The second-order valence-electron chi connectivity index (χ2n) is 27.7. The Morgan fingerprint density at radius 1 is 0.306 bits per heavy atom. The van der Waals surface area contributed by atoms with E-state index in [0.29, 0.717) is 112 Å². The second kappa shape index (κ2) is 42.5. The minimum atomic E-state index is -0.366. The Labute approximate surface area is 716 Å². The Morgan fingerprint density at radius 2 is 0.603 bits per heavy atom. The fourth-order valence-electron chi connectivity index (χ4n) is 11.1. The van der Waals surface area contributed by atoms with Crippen molar-refractivity contribution >= 4 is 116 Å². The number of carbonyl (C=O) groups excluding carboxylic acids is 8. The number of nitrogens with one attached hydrogen (secondary N) is 8. The van der Waals surface area contributed by atoms with Crippen molar-refractivity contribution in [1.29, 1.82) is 0 Å². The molecule has 0 radical (unpaired) electrons. The van der Waals surface area contributed by atoms with Gasteiger partial charge in [0.05, 0.1) is 77.4 Å². The van der Waals surface area contributed by atoms with Crippen LogP contribution in [0, 0.1) is 0 Å². The maximum Gasteiger partial charge on any atom is 0.270 e. The van der Waals surface area contributed by atoms with E-state index in [0.717, 1.165) is 22.4 Å². The van der Waals surface area contributed by atoms with Crippen molar-refractivity contribution < 1.29 is 38.4 Å². The van der Waals surface area contributed by atoms with E-state index in [9.17, 15) is 38.4 Å². The van der Waals surface area contributed by atoms with Crippen molar-refractivity contribution in [3.63, 3.8) is 0 Å². The average Bonchev–Trinajstić information content (AvgIpc) is 0.834. The summed E-state index contributed by atoms with van der Waals surface area (Å²) in [6, 6.07) is 70.2. The molecule has 29 heteroatoms. The number of anilines is 4. The van der Waals surface area contributed by atoms with E-state index < -0.39 is 0 Å². The molecule has 25 nitrogen and oxygen atoms in total. The van der Waals surface area contributed by atoms with Crippen molar-refractivity contribution in [1.82, 2.24) is 66.1 Å². The Kier molecular flexibility index (Phi) is 30.6. The number of rotatable bonds is 21. The highest BCUT2D eigenvalue weighted by molar-refractivity contribution is 6.35.